The molecule has 128 valence electrons. The average Bonchev–Trinajstić information content (AvgIpc) is 3.04. The minimum absolute atomic E-state index is 1.25. The van der Waals surface area contributed by atoms with Gasteiger partial charge in [0.1, 0.15) is 0 Å². The maximum absolute atomic E-state index is 3.13. The Morgan fingerprint density at radius 2 is 1.09 bits per heavy atom. The van der Waals surface area contributed by atoms with Gasteiger partial charge in [-0.05, 0) is 24.5 Å². The molecule has 1 nitrogen and oxygen atoms in total. The fourth-order valence-corrected chi connectivity index (χ4v) is 3.21. The number of aromatic nitrogens is 1. The number of unbranched alkanes of at least 4 members (excludes halogenated alkanes) is 14. The fraction of sp³-hybridized carbons (Fsp3) is 0.810. The molecule has 0 aliphatic rings. The molecular weight excluding hydrogens is 266 g/mol. The van der Waals surface area contributed by atoms with Crippen LogP contribution in [0.2, 0.25) is 0 Å². The summed E-state index contributed by atoms with van der Waals surface area (Å²) in [5.41, 5.74) is 1.47. The van der Waals surface area contributed by atoms with Gasteiger partial charge in [-0.15, -0.1) is 0 Å². The van der Waals surface area contributed by atoms with Crippen LogP contribution in [0.1, 0.15) is 109 Å². The maximum atomic E-state index is 3.13. The number of H-pyrrole nitrogens is 1. The minimum atomic E-state index is 1.25. The molecule has 1 heterocycles. The third-order valence-electron chi connectivity index (χ3n) is 4.73. The molecular formula is C21H39N. The van der Waals surface area contributed by atoms with Crippen LogP contribution in [-0.4, -0.2) is 4.98 Å². The van der Waals surface area contributed by atoms with Crippen LogP contribution < -0.4 is 0 Å². The van der Waals surface area contributed by atoms with E-state index in [4.69, 9.17) is 0 Å². The van der Waals surface area contributed by atoms with E-state index in [1.165, 1.54) is 108 Å². The van der Waals surface area contributed by atoms with Gasteiger partial charge in [-0.1, -0.05) is 96.8 Å². The summed E-state index contributed by atoms with van der Waals surface area (Å²) in [6.45, 7) is 2.29. The van der Waals surface area contributed by atoms with Gasteiger partial charge >= 0.3 is 0 Å². The van der Waals surface area contributed by atoms with E-state index in [-0.39, 0.29) is 0 Å². The molecule has 1 heteroatoms. The molecule has 1 rings (SSSR count). The first-order chi connectivity index (χ1) is 10.9. The lowest BCUT2D eigenvalue weighted by molar-refractivity contribution is 0.532. The third-order valence-corrected chi connectivity index (χ3v) is 4.73. The van der Waals surface area contributed by atoms with Gasteiger partial charge in [0.25, 0.3) is 0 Å². The molecule has 0 unspecified atom stereocenters. The molecule has 0 spiro atoms. The van der Waals surface area contributed by atoms with Gasteiger partial charge in [-0.3, -0.25) is 0 Å². The summed E-state index contributed by atoms with van der Waals surface area (Å²) in [4.78, 5) is 3.13. The molecule has 0 aliphatic carbocycles. The first-order valence-electron chi connectivity index (χ1n) is 10.0. The average molecular weight is 306 g/mol. The van der Waals surface area contributed by atoms with Crippen molar-refractivity contribution in [3.63, 3.8) is 0 Å². The van der Waals surface area contributed by atoms with Crippen LogP contribution in [0, 0.1) is 0 Å². The summed E-state index contributed by atoms with van der Waals surface area (Å²) >= 11 is 0. The van der Waals surface area contributed by atoms with E-state index in [9.17, 15) is 0 Å². The van der Waals surface area contributed by atoms with E-state index >= 15 is 0 Å². The summed E-state index contributed by atoms with van der Waals surface area (Å²) in [5.74, 6) is 0. The van der Waals surface area contributed by atoms with Gasteiger partial charge in [0.15, 0.2) is 0 Å². The zero-order chi connectivity index (χ0) is 15.7. The first kappa shape index (κ1) is 19.3. The Hall–Kier alpha value is -0.720. The molecule has 0 aliphatic heterocycles. The first-order valence-corrected chi connectivity index (χ1v) is 10.0. The number of aryl methyl sites for hydroxylation is 1. The quantitative estimate of drug-likeness (QED) is 0.306. The summed E-state index contributed by atoms with van der Waals surface area (Å²) in [7, 11) is 0. The minimum Gasteiger partial charge on any atom is -0.367 e. The summed E-state index contributed by atoms with van der Waals surface area (Å²) < 4.78 is 0. The van der Waals surface area contributed by atoms with E-state index in [1.54, 1.807) is 0 Å². The van der Waals surface area contributed by atoms with Crippen LogP contribution >= 0.6 is 0 Å². The number of hydrogen-bond donors (Lipinski definition) is 1. The lowest BCUT2D eigenvalue weighted by atomic mass is 10.0. The van der Waals surface area contributed by atoms with Gasteiger partial charge in [0.2, 0.25) is 0 Å². The van der Waals surface area contributed by atoms with E-state index < -0.39 is 0 Å². The van der Waals surface area contributed by atoms with Crippen molar-refractivity contribution >= 4 is 0 Å². The number of hydrogen-bond acceptors (Lipinski definition) is 0. The van der Waals surface area contributed by atoms with Crippen molar-refractivity contribution in [2.45, 2.75) is 110 Å². The molecule has 0 fully saturated rings. The zero-order valence-electron chi connectivity index (χ0n) is 15.0. The van der Waals surface area contributed by atoms with Crippen molar-refractivity contribution in [2.75, 3.05) is 0 Å². The van der Waals surface area contributed by atoms with Gasteiger partial charge in [0, 0.05) is 12.4 Å². The fourth-order valence-electron chi connectivity index (χ4n) is 3.21. The maximum Gasteiger partial charge on any atom is 0.00373 e. The summed E-state index contributed by atoms with van der Waals surface area (Å²) in [5, 5.41) is 0. The molecule has 1 N–H and O–H groups in total. The van der Waals surface area contributed by atoms with Crippen molar-refractivity contribution in [1.29, 1.82) is 0 Å². The van der Waals surface area contributed by atoms with E-state index in [1.807, 2.05) is 6.20 Å². The highest BCUT2D eigenvalue weighted by Gasteiger charge is 1.95. The SMILES string of the molecule is CCCCCCCCCCCCCCCCCc1cc[nH]c1. The Balaban J connectivity index is 1.68. The van der Waals surface area contributed by atoms with Crippen molar-refractivity contribution in [3.8, 4) is 0 Å². The molecule has 0 atom stereocenters. The molecule has 1 aromatic heterocycles. The topological polar surface area (TPSA) is 15.8 Å². The summed E-state index contributed by atoms with van der Waals surface area (Å²) in [6, 6.07) is 2.20. The molecule has 0 radical (unpaired) electrons. The standard InChI is InChI=1S/C21H39N/c1-2-3-4-5-6-7-8-9-10-11-12-13-14-15-16-17-21-18-19-22-20-21/h18-20,22H,2-17H2,1H3. The van der Waals surface area contributed by atoms with Crippen molar-refractivity contribution < 1.29 is 0 Å². The van der Waals surface area contributed by atoms with Crippen LogP contribution in [0.15, 0.2) is 18.5 Å². The van der Waals surface area contributed by atoms with Crippen LogP contribution in [-0.2, 0) is 6.42 Å². The van der Waals surface area contributed by atoms with Crippen molar-refractivity contribution in [2.24, 2.45) is 0 Å². The van der Waals surface area contributed by atoms with Crippen LogP contribution in [0.25, 0.3) is 0 Å². The molecule has 0 amide bonds. The molecule has 0 saturated carbocycles. The molecule has 0 aromatic carbocycles. The highest BCUT2D eigenvalue weighted by Crippen LogP contribution is 2.14. The Morgan fingerprint density at radius 3 is 1.50 bits per heavy atom. The largest absolute Gasteiger partial charge is 0.367 e. The predicted molar refractivity (Wildman–Crippen MR) is 99.4 cm³/mol. The highest BCUT2D eigenvalue weighted by molar-refractivity contribution is 5.07. The van der Waals surface area contributed by atoms with Crippen LogP contribution in [0.3, 0.4) is 0 Å². The number of rotatable bonds is 16. The zero-order valence-corrected chi connectivity index (χ0v) is 15.0. The number of nitrogens with one attached hydrogen (secondary N) is 1. The molecule has 0 bridgehead atoms. The second-order valence-electron chi connectivity index (χ2n) is 6.92. The van der Waals surface area contributed by atoms with Gasteiger partial charge in [-0.2, -0.15) is 0 Å². The van der Waals surface area contributed by atoms with Crippen LogP contribution in [0.4, 0.5) is 0 Å². The monoisotopic (exact) mass is 305 g/mol. The second kappa shape index (κ2) is 15.2. The van der Waals surface area contributed by atoms with E-state index in [0.717, 1.165) is 0 Å². The van der Waals surface area contributed by atoms with Crippen molar-refractivity contribution in [3.05, 3.63) is 24.0 Å². The van der Waals surface area contributed by atoms with Crippen molar-refractivity contribution in [1.82, 2.24) is 4.98 Å². The summed E-state index contributed by atoms with van der Waals surface area (Å²) in [6.07, 6.45) is 27.1. The van der Waals surface area contributed by atoms with E-state index in [0.29, 0.717) is 0 Å². The third kappa shape index (κ3) is 11.9. The van der Waals surface area contributed by atoms with Gasteiger partial charge in [0.05, 0.1) is 0 Å². The smallest absolute Gasteiger partial charge is 0.00373 e. The van der Waals surface area contributed by atoms with E-state index in [2.05, 4.69) is 24.2 Å². The van der Waals surface area contributed by atoms with Crippen LogP contribution in [0.5, 0.6) is 0 Å². The van der Waals surface area contributed by atoms with Gasteiger partial charge in [-0.25, -0.2) is 0 Å². The Kier molecular flexibility index (Phi) is 13.3. The number of aromatic amines is 1. The lowest BCUT2D eigenvalue weighted by Crippen LogP contribution is -1.85. The normalized spacial score (nSPS) is 11.1. The predicted octanol–water partition coefficient (Wildman–Crippen LogP) is 7.43. The molecule has 0 saturated heterocycles. The second-order valence-corrected chi connectivity index (χ2v) is 6.92. The lowest BCUT2D eigenvalue weighted by Gasteiger charge is -2.03. The Bertz CT molecular complexity index is 302. The highest BCUT2D eigenvalue weighted by atomic mass is 14.6. The molecule has 22 heavy (non-hydrogen) atoms. The molecule has 1 aromatic rings. The Morgan fingerprint density at radius 1 is 0.636 bits per heavy atom. The Labute approximate surface area is 139 Å². The van der Waals surface area contributed by atoms with Gasteiger partial charge < -0.3 is 4.98 Å².